The molecule has 1 amide bonds. The fraction of sp³-hybridized carbons (Fsp3) is 0.405. The topological polar surface area (TPSA) is 137 Å². The summed E-state index contributed by atoms with van der Waals surface area (Å²) in [5.41, 5.74) is 8.70. The highest BCUT2D eigenvalue weighted by atomic mass is 35.5. The number of nitrogens with zero attached hydrogens (tertiary/aromatic N) is 6. The zero-order valence-electron chi connectivity index (χ0n) is 31.1. The van der Waals surface area contributed by atoms with Gasteiger partial charge in [-0.2, -0.15) is 5.26 Å². The Labute approximate surface area is 321 Å². The predicted octanol–water partition coefficient (Wildman–Crippen LogP) is 7.02. The van der Waals surface area contributed by atoms with Crippen LogP contribution in [-0.4, -0.2) is 79.7 Å². The Morgan fingerprint density at radius 1 is 1.09 bits per heavy atom. The molecule has 2 fully saturated rings. The first-order chi connectivity index (χ1) is 26.1. The summed E-state index contributed by atoms with van der Waals surface area (Å²) in [6.45, 7) is 8.45. The number of imidazole rings is 1. The summed E-state index contributed by atoms with van der Waals surface area (Å²) in [5, 5.41) is 23.7. The lowest BCUT2D eigenvalue weighted by Gasteiger charge is -2.36. The van der Waals surface area contributed by atoms with Gasteiger partial charge in [0.05, 0.1) is 17.0 Å². The van der Waals surface area contributed by atoms with E-state index in [0.29, 0.717) is 52.4 Å². The molecule has 2 saturated heterocycles. The maximum atomic E-state index is 13.7. The number of aliphatic carboxylic acids is 1. The molecule has 0 saturated carbocycles. The van der Waals surface area contributed by atoms with E-state index in [1.165, 1.54) is 0 Å². The molecule has 4 aromatic rings. The number of rotatable bonds is 9. The van der Waals surface area contributed by atoms with Crippen LogP contribution in [0.2, 0.25) is 5.02 Å². The summed E-state index contributed by atoms with van der Waals surface area (Å²) in [7, 11) is 1.91. The van der Waals surface area contributed by atoms with Crippen molar-refractivity contribution in [2.75, 3.05) is 31.6 Å². The van der Waals surface area contributed by atoms with E-state index < -0.39 is 12.0 Å². The van der Waals surface area contributed by atoms with Crippen molar-refractivity contribution in [3.05, 3.63) is 98.3 Å². The normalized spacial score (nSPS) is 18.4. The number of halogens is 1. The van der Waals surface area contributed by atoms with Crippen LogP contribution >= 0.6 is 11.6 Å². The lowest BCUT2D eigenvalue weighted by atomic mass is 9.94. The van der Waals surface area contributed by atoms with E-state index in [-0.39, 0.29) is 5.91 Å². The third-order valence-corrected chi connectivity index (χ3v) is 11.6. The van der Waals surface area contributed by atoms with Gasteiger partial charge in [-0.3, -0.25) is 24.4 Å². The molecule has 2 aromatic carbocycles. The van der Waals surface area contributed by atoms with E-state index in [1.807, 2.05) is 72.8 Å². The number of hydrogen-bond donors (Lipinski definition) is 2. The number of nitrogens with one attached hydrogen (secondary N) is 1. The number of anilines is 1. The Balaban J connectivity index is 1.09. The Bertz CT molecular complexity index is 2150. The van der Waals surface area contributed by atoms with Crippen LogP contribution in [0.15, 0.2) is 42.6 Å². The fourth-order valence-electron chi connectivity index (χ4n) is 8.19. The van der Waals surface area contributed by atoms with E-state index in [2.05, 4.69) is 21.3 Å². The zero-order chi connectivity index (χ0) is 37.9. The van der Waals surface area contributed by atoms with Crippen molar-refractivity contribution in [2.45, 2.75) is 77.5 Å². The molecule has 0 bridgehead atoms. The third-order valence-electron chi connectivity index (χ3n) is 11.3. The molecule has 3 aliphatic heterocycles. The Kier molecular flexibility index (Phi) is 11.3. The van der Waals surface area contributed by atoms with Gasteiger partial charge in [0, 0.05) is 80.5 Å². The summed E-state index contributed by atoms with van der Waals surface area (Å²) >= 11 is 6.77. The van der Waals surface area contributed by atoms with E-state index in [9.17, 15) is 20.0 Å². The highest BCUT2D eigenvalue weighted by Gasteiger charge is 2.31. The van der Waals surface area contributed by atoms with Gasteiger partial charge >= 0.3 is 5.97 Å². The smallest absolute Gasteiger partial charge is 0.320 e. The lowest BCUT2D eigenvalue weighted by molar-refractivity contribution is -0.144. The molecule has 2 N–H and O–H groups in total. The molecule has 0 spiro atoms. The van der Waals surface area contributed by atoms with Crippen LogP contribution in [0.4, 0.5) is 5.69 Å². The minimum atomic E-state index is -0.784. The van der Waals surface area contributed by atoms with Crippen molar-refractivity contribution >= 4 is 41.3 Å². The molecule has 12 heteroatoms. The van der Waals surface area contributed by atoms with Crippen LogP contribution in [0.1, 0.15) is 87.6 Å². The van der Waals surface area contributed by atoms with Crippen molar-refractivity contribution in [3.63, 3.8) is 0 Å². The highest BCUT2D eigenvalue weighted by molar-refractivity contribution is 6.32. The number of benzene rings is 2. The number of aryl methyl sites for hydroxylation is 1. The molecule has 0 aliphatic carbocycles. The van der Waals surface area contributed by atoms with Crippen LogP contribution in [0, 0.1) is 25.2 Å². The molecular formula is C42H46ClN7O4. The number of carbonyl (C=O) groups is 2. The first kappa shape index (κ1) is 37.5. The number of pyridine rings is 1. The Morgan fingerprint density at radius 2 is 1.91 bits per heavy atom. The molecule has 1 atom stereocenters. The van der Waals surface area contributed by atoms with Gasteiger partial charge in [-0.05, 0) is 98.2 Å². The largest absolute Gasteiger partial charge is 0.480 e. The summed E-state index contributed by atoms with van der Waals surface area (Å²) in [5.74, 6) is -0.682. The van der Waals surface area contributed by atoms with E-state index in [1.54, 1.807) is 12.3 Å². The van der Waals surface area contributed by atoms with E-state index >= 15 is 0 Å². The van der Waals surface area contributed by atoms with Crippen molar-refractivity contribution in [2.24, 2.45) is 7.05 Å². The number of carboxylic acid groups (broad SMARTS) is 1. The number of hydrogen-bond acceptors (Lipinski definition) is 8. The highest BCUT2D eigenvalue weighted by Crippen LogP contribution is 2.34. The molecule has 11 nitrogen and oxygen atoms in total. The maximum Gasteiger partial charge on any atom is 0.320 e. The predicted molar refractivity (Wildman–Crippen MR) is 209 cm³/mol. The Hall–Kier alpha value is -4.86. The van der Waals surface area contributed by atoms with E-state index in [4.69, 9.17) is 21.3 Å². The molecule has 5 heterocycles. The number of carboxylic acids is 1. The number of nitriles is 1. The molecule has 54 heavy (non-hydrogen) atoms. The number of ether oxygens (including phenoxy) is 1. The summed E-state index contributed by atoms with van der Waals surface area (Å²) in [4.78, 5) is 39.4. The van der Waals surface area contributed by atoms with Crippen LogP contribution in [0.3, 0.4) is 0 Å². The average molecular weight is 748 g/mol. The van der Waals surface area contributed by atoms with Crippen molar-refractivity contribution in [1.82, 2.24) is 24.3 Å². The lowest BCUT2D eigenvalue weighted by Crippen LogP contribution is -2.44. The molecule has 1 unspecified atom stereocenters. The summed E-state index contributed by atoms with van der Waals surface area (Å²) in [6.07, 6.45) is 10.8. The monoisotopic (exact) mass is 747 g/mol. The standard InChI is InChI=1S/C42H46ClN7O4/c1-26-21-28(34(43)22-29(26)24-50-17-5-4-9-39(50)42(52)53)10-11-36-33(23-44)32(12-16-45-36)31-7-6-8-35(27(31)2)47-41(51)40-46-37-25-49(18-13-38(37)48(40)3)30-14-19-54-20-15-30/h6-8,10-12,16,21-22,30,39H,4-5,9,13-15,17-20,24-25H2,1-3H3,(H,47,51)(H,52,53)/b11-10+. The van der Waals surface area contributed by atoms with Crippen molar-refractivity contribution < 1.29 is 19.4 Å². The van der Waals surface area contributed by atoms with Gasteiger partial charge in [0.1, 0.15) is 12.1 Å². The number of amides is 1. The van der Waals surface area contributed by atoms with Gasteiger partial charge in [0.15, 0.2) is 5.82 Å². The molecule has 2 aromatic heterocycles. The van der Waals surface area contributed by atoms with Gasteiger partial charge in [-0.1, -0.05) is 42.3 Å². The number of piperidine rings is 1. The second-order valence-corrected chi connectivity index (χ2v) is 15.0. The average Bonchev–Trinajstić information content (AvgIpc) is 3.52. The quantitative estimate of drug-likeness (QED) is 0.185. The van der Waals surface area contributed by atoms with Crippen LogP contribution in [0.25, 0.3) is 23.3 Å². The van der Waals surface area contributed by atoms with Crippen molar-refractivity contribution in [3.8, 4) is 17.2 Å². The zero-order valence-corrected chi connectivity index (χ0v) is 31.8. The van der Waals surface area contributed by atoms with Gasteiger partial charge in [-0.25, -0.2) is 4.98 Å². The van der Waals surface area contributed by atoms with Crippen LogP contribution in [-0.2, 0) is 36.1 Å². The van der Waals surface area contributed by atoms with Gasteiger partial charge in [0.25, 0.3) is 5.91 Å². The van der Waals surface area contributed by atoms with Gasteiger partial charge in [-0.15, -0.1) is 0 Å². The van der Waals surface area contributed by atoms with Gasteiger partial charge < -0.3 is 19.7 Å². The minimum Gasteiger partial charge on any atom is -0.480 e. The molecule has 280 valence electrons. The third kappa shape index (κ3) is 7.70. The number of likely N-dealkylation sites (tertiary alicyclic amines) is 1. The molecule has 7 rings (SSSR count). The maximum absolute atomic E-state index is 13.7. The second-order valence-electron chi connectivity index (χ2n) is 14.6. The fourth-order valence-corrected chi connectivity index (χ4v) is 8.44. The SMILES string of the molecule is Cc1cc(/C=C/c2nccc(-c3cccc(NC(=O)c4nc5c(n4C)CCN(C4CCOCC4)C5)c3C)c2C#N)c(Cl)cc1CN1CCCCC1C(=O)O. The van der Waals surface area contributed by atoms with E-state index in [0.717, 1.165) is 104 Å². The summed E-state index contributed by atoms with van der Waals surface area (Å²) in [6, 6.07) is 13.7. The number of aromatic nitrogens is 3. The molecule has 3 aliphatic rings. The van der Waals surface area contributed by atoms with Crippen LogP contribution < -0.4 is 5.32 Å². The first-order valence-electron chi connectivity index (χ1n) is 18.7. The first-order valence-corrected chi connectivity index (χ1v) is 19.1. The van der Waals surface area contributed by atoms with Gasteiger partial charge in [0.2, 0.25) is 0 Å². The van der Waals surface area contributed by atoms with Crippen molar-refractivity contribution in [1.29, 1.82) is 5.26 Å². The number of carbonyl (C=O) groups excluding carboxylic acids is 1. The summed E-state index contributed by atoms with van der Waals surface area (Å²) < 4.78 is 7.48. The second kappa shape index (κ2) is 16.2. The number of fused-ring (bicyclic) bond motifs is 1. The Morgan fingerprint density at radius 3 is 2.69 bits per heavy atom. The molecule has 0 radical (unpaired) electrons. The molecular weight excluding hydrogens is 702 g/mol. The minimum absolute atomic E-state index is 0.278. The van der Waals surface area contributed by atoms with Crippen LogP contribution in [0.5, 0.6) is 0 Å².